The molecule has 2 amide bonds. The van der Waals surface area contributed by atoms with Crippen LogP contribution in [0, 0.1) is 0 Å². The number of nitrogens with zero attached hydrogens (tertiary/aromatic N) is 1. The van der Waals surface area contributed by atoms with E-state index in [-0.39, 0.29) is 17.2 Å². The predicted octanol–water partition coefficient (Wildman–Crippen LogP) is 4.69. The fraction of sp³-hybridized carbons (Fsp3) is 0.412. The van der Waals surface area contributed by atoms with Gasteiger partial charge < -0.3 is 9.47 Å². The smallest absolute Gasteiger partial charge is 0.293 e. The van der Waals surface area contributed by atoms with E-state index in [1.807, 2.05) is 20.8 Å². The summed E-state index contributed by atoms with van der Waals surface area (Å²) in [5.41, 5.74) is 0.755. The van der Waals surface area contributed by atoms with Crippen molar-refractivity contribution < 1.29 is 19.1 Å². The van der Waals surface area contributed by atoms with Crippen LogP contribution in [0.15, 0.2) is 21.5 Å². The first kappa shape index (κ1) is 18.9. The Balaban J connectivity index is 2.38. The summed E-state index contributed by atoms with van der Waals surface area (Å²) in [4.78, 5) is 26.3. The Morgan fingerprint density at radius 2 is 2.00 bits per heavy atom. The van der Waals surface area contributed by atoms with Crippen molar-refractivity contribution in [3.05, 3.63) is 27.1 Å². The van der Waals surface area contributed by atoms with E-state index in [4.69, 9.17) is 9.47 Å². The largest absolute Gasteiger partial charge is 0.493 e. The van der Waals surface area contributed by atoms with Crippen molar-refractivity contribution in [2.45, 2.75) is 33.2 Å². The van der Waals surface area contributed by atoms with Gasteiger partial charge in [-0.3, -0.25) is 14.5 Å². The van der Waals surface area contributed by atoms with Crippen molar-refractivity contribution in [1.29, 1.82) is 0 Å². The van der Waals surface area contributed by atoms with Gasteiger partial charge in [0.05, 0.1) is 18.6 Å². The standard InChI is InChI=1S/C17H20BrNO4S/c1-5-10(3)19-16(20)15(24-17(19)21)8-11-7-13(22-4)14(23-6-2)9-12(11)18/h7-10H,5-6H2,1-4H3. The van der Waals surface area contributed by atoms with E-state index < -0.39 is 0 Å². The molecule has 1 aromatic carbocycles. The quantitative estimate of drug-likeness (QED) is 0.632. The molecule has 1 aliphatic rings. The first-order chi connectivity index (χ1) is 11.4. The van der Waals surface area contributed by atoms with Gasteiger partial charge in [-0.1, -0.05) is 22.9 Å². The number of rotatable bonds is 6. The molecule has 1 aliphatic heterocycles. The van der Waals surface area contributed by atoms with E-state index in [0.29, 0.717) is 23.0 Å². The highest BCUT2D eigenvalue weighted by Crippen LogP contribution is 2.38. The molecule has 0 aliphatic carbocycles. The second-order valence-corrected chi connectivity index (χ2v) is 7.11. The summed E-state index contributed by atoms with van der Waals surface area (Å²) < 4.78 is 11.6. The van der Waals surface area contributed by atoms with Crippen LogP contribution in [0.2, 0.25) is 0 Å². The summed E-state index contributed by atoms with van der Waals surface area (Å²) >= 11 is 4.44. The van der Waals surface area contributed by atoms with Crippen molar-refractivity contribution in [2.24, 2.45) is 0 Å². The van der Waals surface area contributed by atoms with Crippen molar-refractivity contribution in [2.75, 3.05) is 13.7 Å². The number of carbonyl (C=O) groups excluding carboxylic acids is 2. The van der Waals surface area contributed by atoms with Gasteiger partial charge in [0.2, 0.25) is 0 Å². The Morgan fingerprint density at radius 3 is 2.58 bits per heavy atom. The molecule has 5 nitrogen and oxygen atoms in total. The van der Waals surface area contributed by atoms with Crippen LogP contribution >= 0.6 is 27.7 Å². The molecule has 2 rings (SSSR count). The second kappa shape index (κ2) is 8.07. The fourth-order valence-corrected chi connectivity index (χ4v) is 3.63. The molecule has 0 aromatic heterocycles. The highest BCUT2D eigenvalue weighted by atomic mass is 79.9. The zero-order chi connectivity index (χ0) is 17.9. The monoisotopic (exact) mass is 413 g/mol. The number of ether oxygens (including phenoxy) is 2. The molecule has 0 saturated carbocycles. The zero-order valence-electron chi connectivity index (χ0n) is 14.1. The third-order valence-corrected chi connectivity index (χ3v) is 5.29. The highest BCUT2D eigenvalue weighted by Gasteiger charge is 2.37. The summed E-state index contributed by atoms with van der Waals surface area (Å²) in [6, 6.07) is 3.47. The van der Waals surface area contributed by atoms with Gasteiger partial charge in [0.25, 0.3) is 11.1 Å². The molecule has 1 atom stereocenters. The SMILES string of the molecule is CCOc1cc(Br)c(C=C2SC(=O)N(C(C)CC)C2=O)cc1OC. The molecule has 0 bridgehead atoms. The Morgan fingerprint density at radius 1 is 1.29 bits per heavy atom. The first-order valence-electron chi connectivity index (χ1n) is 7.70. The number of halogens is 1. The summed E-state index contributed by atoms with van der Waals surface area (Å²) in [6.45, 7) is 6.24. The molecule has 0 spiro atoms. The molecule has 1 heterocycles. The molecule has 7 heteroatoms. The fourth-order valence-electron chi connectivity index (χ4n) is 2.27. The van der Waals surface area contributed by atoms with E-state index in [2.05, 4.69) is 15.9 Å². The topological polar surface area (TPSA) is 55.8 Å². The average molecular weight is 414 g/mol. The van der Waals surface area contributed by atoms with Crippen molar-refractivity contribution >= 4 is 44.9 Å². The van der Waals surface area contributed by atoms with E-state index in [9.17, 15) is 9.59 Å². The average Bonchev–Trinajstić information content (AvgIpc) is 2.83. The second-order valence-electron chi connectivity index (χ2n) is 5.27. The maximum absolute atomic E-state index is 12.5. The first-order valence-corrected chi connectivity index (χ1v) is 9.31. The number of hydrogen-bond donors (Lipinski definition) is 0. The summed E-state index contributed by atoms with van der Waals surface area (Å²) in [6.07, 6.45) is 2.43. The van der Waals surface area contributed by atoms with Crippen LogP contribution in [-0.2, 0) is 4.79 Å². The van der Waals surface area contributed by atoms with E-state index >= 15 is 0 Å². The number of amides is 2. The molecule has 1 fully saturated rings. The molecule has 24 heavy (non-hydrogen) atoms. The molecule has 130 valence electrons. The van der Waals surface area contributed by atoms with Crippen LogP contribution < -0.4 is 9.47 Å². The van der Waals surface area contributed by atoms with Crippen LogP contribution in [0.3, 0.4) is 0 Å². The normalized spacial score (nSPS) is 17.5. The van der Waals surface area contributed by atoms with Crippen LogP contribution in [0.5, 0.6) is 11.5 Å². The minimum Gasteiger partial charge on any atom is -0.493 e. The lowest BCUT2D eigenvalue weighted by atomic mass is 10.1. The maximum atomic E-state index is 12.5. The highest BCUT2D eigenvalue weighted by molar-refractivity contribution is 9.10. The molecular formula is C17H20BrNO4S. The number of hydrogen-bond acceptors (Lipinski definition) is 5. The lowest BCUT2D eigenvalue weighted by molar-refractivity contribution is -0.124. The minimum atomic E-state index is -0.251. The van der Waals surface area contributed by atoms with Gasteiger partial charge in [0.15, 0.2) is 11.5 Å². The van der Waals surface area contributed by atoms with Gasteiger partial charge >= 0.3 is 0 Å². The third kappa shape index (κ3) is 3.78. The van der Waals surface area contributed by atoms with Crippen molar-refractivity contribution in [3.8, 4) is 11.5 Å². The molecule has 1 saturated heterocycles. The van der Waals surface area contributed by atoms with Gasteiger partial charge in [-0.25, -0.2) is 0 Å². The Labute approximate surface area is 154 Å². The van der Waals surface area contributed by atoms with Crippen molar-refractivity contribution in [1.82, 2.24) is 4.90 Å². The molecule has 1 aromatic rings. The summed E-state index contributed by atoms with van der Waals surface area (Å²) in [5.74, 6) is 0.947. The van der Waals surface area contributed by atoms with E-state index in [1.54, 1.807) is 25.3 Å². The van der Waals surface area contributed by atoms with Crippen LogP contribution in [0.25, 0.3) is 6.08 Å². The summed E-state index contributed by atoms with van der Waals surface area (Å²) in [5, 5.41) is -0.227. The lowest BCUT2D eigenvalue weighted by Crippen LogP contribution is -2.36. The predicted molar refractivity (Wildman–Crippen MR) is 99.4 cm³/mol. The number of methoxy groups -OCH3 is 1. The van der Waals surface area contributed by atoms with Gasteiger partial charge in [0.1, 0.15) is 0 Å². The van der Waals surface area contributed by atoms with E-state index in [0.717, 1.165) is 28.2 Å². The third-order valence-electron chi connectivity index (χ3n) is 3.72. The lowest BCUT2D eigenvalue weighted by Gasteiger charge is -2.19. The molecule has 0 N–H and O–H groups in total. The molecule has 1 unspecified atom stereocenters. The van der Waals surface area contributed by atoms with Crippen LogP contribution in [0.4, 0.5) is 4.79 Å². The van der Waals surface area contributed by atoms with E-state index in [1.165, 1.54) is 4.90 Å². The number of imide groups is 1. The van der Waals surface area contributed by atoms with Gasteiger partial charge in [-0.2, -0.15) is 0 Å². The number of benzene rings is 1. The Bertz CT molecular complexity index is 689. The zero-order valence-corrected chi connectivity index (χ0v) is 16.5. The minimum absolute atomic E-state index is 0.110. The maximum Gasteiger partial charge on any atom is 0.293 e. The molecular weight excluding hydrogens is 394 g/mol. The van der Waals surface area contributed by atoms with Gasteiger partial charge in [-0.05, 0) is 55.8 Å². The summed E-state index contributed by atoms with van der Waals surface area (Å²) in [7, 11) is 1.56. The Kier molecular flexibility index (Phi) is 6.34. The number of thioether (sulfide) groups is 1. The Hall–Kier alpha value is -1.47. The van der Waals surface area contributed by atoms with Crippen LogP contribution in [0.1, 0.15) is 32.8 Å². The van der Waals surface area contributed by atoms with Gasteiger partial charge in [-0.15, -0.1) is 0 Å². The van der Waals surface area contributed by atoms with Crippen LogP contribution in [-0.4, -0.2) is 35.8 Å². The number of carbonyl (C=O) groups is 2. The van der Waals surface area contributed by atoms with Crippen molar-refractivity contribution in [3.63, 3.8) is 0 Å². The molecule has 0 radical (unpaired) electrons. The van der Waals surface area contributed by atoms with Gasteiger partial charge in [0, 0.05) is 10.5 Å².